The number of amides is 1. The van der Waals surface area contributed by atoms with Crippen molar-refractivity contribution in [2.45, 2.75) is 33.1 Å². The zero-order valence-corrected chi connectivity index (χ0v) is 18.0. The lowest BCUT2D eigenvalue weighted by molar-refractivity contribution is 0.103. The fraction of sp³-hybridized carbons (Fsp3) is 0.286. The zero-order valence-electron chi connectivity index (χ0n) is 16.3. The fourth-order valence-corrected chi connectivity index (χ4v) is 4.97. The van der Waals surface area contributed by atoms with E-state index in [1.807, 2.05) is 37.3 Å². The molecule has 0 aliphatic rings. The highest BCUT2D eigenvalue weighted by Gasteiger charge is 2.19. The minimum absolute atomic E-state index is 0.260. The number of pyridine rings is 1. The molecule has 6 nitrogen and oxygen atoms in total. The van der Waals surface area contributed by atoms with Gasteiger partial charge in [-0.15, -0.1) is 11.3 Å². The zero-order chi connectivity index (χ0) is 20.4. The number of thiazole rings is 1. The Morgan fingerprint density at radius 3 is 2.83 bits per heavy atom. The fourth-order valence-electron chi connectivity index (χ4n) is 3.07. The molecule has 0 atom stereocenters. The van der Waals surface area contributed by atoms with Crippen LogP contribution in [0.25, 0.3) is 20.4 Å². The third-order valence-electron chi connectivity index (χ3n) is 4.54. The number of unbranched alkanes of at least 4 members (excludes halogenated alkanes) is 1. The van der Waals surface area contributed by atoms with Crippen LogP contribution in [-0.4, -0.2) is 22.5 Å². The first-order valence-corrected chi connectivity index (χ1v) is 11.2. The second-order valence-electron chi connectivity index (χ2n) is 6.64. The first-order valence-electron chi connectivity index (χ1n) is 9.61. The molecule has 3 aromatic heterocycles. The molecule has 150 valence electrons. The average Bonchev–Trinajstić information content (AvgIpc) is 3.26. The van der Waals surface area contributed by atoms with Crippen molar-refractivity contribution in [2.24, 2.45) is 0 Å². The summed E-state index contributed by atoms with van der Waals surface area (Å²) in [4.78, 5) is 23.3. The van der Waals surface area contributed by atoms with Crippen molar-refractivity contribution < 1.29 is 9.53 Å². The van der Waals surface area contributed by atoms with Gasteiger partial charge in [-0.1, -0.05) is 24.7 Å². The monoisotopic (exact) mass is 426 g/mol. The summed E-state index contributed by atoms with van der Waals surface area (Å²) in [7, 11) is 0. The summed E-state index contributed by atoms with van der Waals surface area (Å²) in [5, 5.41) is 4.24. The third kappa shape index (κ3) is 4.04. The van der Waals surface area contributed by atoms with Crippen LogP contribution in [0.5, 0.6) is 5.75 Å². The summed E-state index contributed by atoms with van der Waals surface area (Å²) in [6.45, 7) is 4.70. The second kappa shape index (κ2) is 8.34. The maximum Gasteiger partial charge on any atom is 0.269 e. The number of anilines is 2. The summed E-state index contributed by atoms with van der Waals surface area (Å²) in [5.41, 5.74) is 8.57. The van der Waals surface area contributed by atoms with E-state index in [1.54, 1.807) is 0 Å². The van der Waals surface area contributed by atoms with Gasteiger partial charge in [0.25, 0.3) is 5.91 Å². The molecule has 0 radical (unpaired) electrons. The van der Waals surface area contributed by atoms with Crippen LogP contribution in [0, 0.1) is 0 Å². The van der Waals surface area contributed by atoms with Gasteiger partial charge >= 0.3 is 0 Å². The number of carbonyl (C=O) groups excluding carboxylic acids is 1. The van der Waals surface area contributed by atoms with Gasteiger partial charge in [-0.05, 0) is 50.1 Å². The molecule has 0 aliphatic carbocycles. The number of carbonyl (C=O) groups is 1. The van der Waals surface area contributed by atoms with Crippen molar-refractivity contribution in [3.63, 3.8) is 0 Å². The normalized spacial score (nSPS) is 11.2. The molecule has 0 saturated carbocycles. The largest absolute Gasteiger partial charge is 0.494 e. The van der Waals surface area contributed by atoms with Gasteiger partial charge in [-0.3, -0.25) is 10.1 Å². The SMILES string of the molecule is CCCCc1ccc2c(N)c(C(=O)Nc3nc4ccc(OCC)cc4s3)sc2n1. The van der Waals surface area contributed by atoms with Gasteiger partial charge in [-0.2, -0.15) is 0 Å². The Labute approximate surface area is 176 Å². The van der Waals surface area contributed by atoms with E-state index in [9.17, 15) is 4.79 Å². The van der Waals surface area contributed by atoms with E-state index in [-0.39, 0.29) is 5.91 Å². The molecule has 8 heteroatoms. The van der Waals surface area contributed by atoms with Crippen molar-refractivity contribution >= 4 is 59.8 Å². The molecule has 0 fully saturated rings. The Morgan fingerprint density at radius 1 is 1.17 bits per heavy atom. The topological polar surface area (TPSA) is 90.1 Å². The minimum Gasteiger partial charge on any atom is -0.494 e. The van der Waals surface area contributed by atoms with Crippen LogP contribution in [0.1, 0.15) is 42.1 Å². The van der Waals surface area contributed by atoms with Crippen LogP contribution in [0.2, 0.25) is 0 Å². The van der Waals surface area contributed by atoms with Gasteiger partial charge in [-0.25, -0.2) is 9.97 Å². The number of thiophene rings is 1. The van der Waals surface area contributed by atoms with Crippen LogP contribution >= 0.6 is 22.7 Å². The molecule has 0 aliphatic heterocycles. The molecule has 1 amide bonds. The number of aromatic nitrogens is 2. The molecule has 0 unspecified atom stereocenters. The number of ether oxygens (including phenoxy) is 1. The number of nitrogens with one attached hydrogen (secondary N) is 1. The van der Waals surface area contributed by atoms with Crippen molar-refractivity contribution in [2.75, 3.05) is 17.7 Å². The molecule has 3 heterocycles. The summed E-state index contributed by atoms with van der Waals surface area (Å²) in [5.74, 6) is 0.532. The van der Waals surface area contributed by atoms with Gasteiger partial charge in [0.15, 0.2) is 5.13 Å². The van der Waals surface area contributed by atoms with E-state index >= 15 is 0 Å². The number of benzene rings is 1. The number of hydrogen-bond acceptors (Lipinski definition) is 7. The molecule has 1 aromatic carbocycles. The van der Waals surface area contributed by atoms with Crippen LogP contribution in [0.4, 0.5) is 10.8 Å². The number of nitrogen functional groups attached to an aromatic ring is 1. The summed E-state index contributed by atoms with van der Waals surface area (Å²) >= 11 is 2.73. The van der Waals surface area contributed by atoms with E-state index in [0.717, 1.165) is 51.1 Å². The molecule has 29 heavy (non-hydrogen) atoms. The molecule has 0 spiro atoms. The predicted octanol–water partition coefficient (Wildman–Crippen LogP) is 5.48. The first-order chi connectivity index (χ1) is 14.1. The van der Waals surface area contributed by atoms with Gasteiger partial charge in [0.05, 0.1) is 22.5 Å². The van der Waals surface area contributed by atoms with Crippen LogP contribution in [-0.2, 0) is 6.42 Å². The van der Waals surface area contributed by atoms with Gasteiger partial charge in [0.1, 0.15) is 15.5 Å². The number of rotatable bonds is 7. The minimum atomic E-state index is -0.260. The highest BCUT2D eigenvalue weighted by atomic mass is 32.1. The number of fused-ring (bicyclic) bond motifs is 2. The van der Waals surface area contributed by atoms with Crippen LogP contribution in [0.15, 0.2) is 30.3 Å². The van der Waals surface area contributed by atoms with Gasteiger partial charge in [0, 0.05) is 11.1 Å². The Morgan fingerprint density at radius 2 is 2.03 bits per heavy atom. The summed E-state index contributed by atoms with van der Waals surface area (Å²) in [6.07, 6.45) is 3.14. The number of hydrogen-bond donors (Lipinski definition) is 2. The van der Waals surface area contributed by atoms with Crippen molar-refractivity contribution in [3.8, 4) is 5.75 Å². The highest BCUT2D eigenvalue weighted by molar-refractivity contribution is 7.23. The predicted molar refractivity (Wildman–Crippen MR) is 121 cm³/mol. The highest BCUT2D eigenvalue weighted by Crippen LogP contribution is 2.34. The first kappa shape index (κ1) is 19.6. The Kier molecular flexibility index (Phi) is 5.64. The summed E-state index contributed by atoms with van der Waals surface area (Å²) in [6, 6.07) is 9.65. The van der Waals surface area contributed by atoms with E-state index in [2.05, 4.69) is 22.2 Å². The van der Waals surface area contributed by atoms with E-state index in [1.165, 1.54) is 22.7 Å². The molecule has 3 N–H and O–H groups in total. The van der Waals surface area contributed by atoms with E-state index < -0.39 is 0 Å². The quantitative estimate of drug-likeness (QED) is 0.408. The standard InChI is InChI=1S/C21H22N4O2S2/c1-3-5-6-12-7-9-14-17(22)18(29-20(14)23-12)19(26)25-21-24-15-10-8-13(27-4-2)11-16(15)28-21/h7-11H,3-6,22H2,1-2H3,(H,24,25,26). The van der Waals surface area contributed by atoms with E-state index in [4.69, 9.17) is 10.5 Å². The Bertz CT molecular complexity index is 1180. The van der Waals surface area contributed by atoms with Crippen LogP contribution in [0.3, 0.4) is 0 Å². The Hall–Kier alpha value is -2.71. The van der Waals surface area contributed by atoms with Crippen molar-refractivity contribution in [1.29, 1.82) is 0 Å². The van der Waals surface area contributed by atoms with Gasteiger partial charge in [0.2, 0.25) is 0 Å². The van der Waals surface area contributed by atoms with Gasteiger partial charge < -0.3 is 10.5 Å². The molecular weight excluding hydrogens is 404 g/mol. The molecule has 4 aromatic rings. The molecule has 4 rings (SSSR count). The second-order valence-corrected chi connectivity index (χ2v) is 8.67. The van der Waals surface area contributed by atoms with Crippen LogP contribution < -0.4 is 15.8 Å². The maximum atomic E-state index is 12.8. The van der Waals surface area contributed by atoms with Crippen molar-refractivity contribution in [3.05, 3.63) is 40.9 Å². The smallest absolute Gasteiger partial charge is 0.269 e. The third-order valence-corrected chi connectivity index (χ3v) is 6.58. The Balaban J connectivity index is 1.58. The van der Waals surface area contributed by atoms with E-state index in [0.29, 0.717) is 22.3 Å². The van der Waals surface area contributed by atoms with Crippen molar-refractivity contribution in [1.82, 2.24) is 9.97 Å². The molecular formula is C21H22N4O2S2. The average molecular weight is 427 g/mol. The lowest BCUT2D eigenvalue weighted by Gasteiger charge is -2.00. The molecule has 0 saturated heterocycles. The number of nitrogens with two attached hydrogens (primary N) is 1. The summed E-state index contributed by atoms with van der Waals surface area (Å²) < 4.78 is 6.48. The maximum absolute atomic E-state index is 12.8. The lowest BCUT2D eigenvalue weighted by atomic mass is 10.1. The molecule has 0 bridgehead atoms. The number of aryl methyl sites for hydroxylation is 1. The number of nitrogens with zero attached hydrogens (tertiary/aromatic N) is 2. The lowest BCUT2D eigenvalue weighted by Crippen LogP contribution is -2.11.